The third-order valence-corrected chi connectivity index (χ3v) is 2.61. The zero-order valence-electron chi connectivity index (χ0n) is 8.05. The van der Waals surface area contributed by atoms with E-state index in [1.54, 1.807) is 0 Å². The van der Waals surface area contributed by atoms with Gasteiger partial charge < -0.3 is 10.4 Å². The molecule has 0 fully saturated rings. The summed E-state index contributed by atoms with van der Waals surface area (Å²) in [5.41, 5.74) is 2.74. The van der Waals surface area contributed by atoms with Gasteiger partial charge in [-0.1, -0.05) is 22.7 Å². The van der Waals surface area contributed by atoms with Crippen LogP contribution >= 0.6 is 11.5 Å². The smallest absolute Gasteiger partial charge is 0.0946 e. The van der Waals surface area contributed by atoms with Crippen molar-refractivity contribution in [2.75, 3.05) is 5.32 Å². The second-order valence-electron chi connectivity index (χ2n) is 3.07. The number of aliphatic hydroxyl groups excluding tert-OH is 1. The molecular weight excluding hydrogens is 210 g/mol. The first-order valence-corrected chi connectivity index (χ1v) is 5.42. The molecular formula is C10H11N3OS. The molecule has 78 valence electrons. The molecule has 0 aliphatic heterocycles. The number of hydrogen-bond acceptors (Lipinski definition) is 5. The van der Waals surface area contributed by atoms with Crippen molar-refractivity contribution < 1.29 is 5.11 Å². The monoisotopic (exact) mass is 221 g/mol. The average molecular weight is 221 g/mol. The van der Waals surface area contributed by atoms with E-state index in [4.69, 9.17) is 5.11 Å². The highest BCUT2D eigenvalue weighted by Crippen LogP contribution is 2.15. The lowest BCUT2D eigenvalue weighted by Crippen LogP contribution is -2.02. The summed E-state index contributed by atoms with van der Waals surface area (Å²) in [5.74, 6) is 0. The third-order valence-electron chi connectivity index (χ3n) is 2.05. The van der Waals surface area contributed by atoms with Crippen molar-refractivity contribution in [2.24, 2.45) is 0 Å². The van der Waals surface area contributed by atoms with Crippen LogP contribution in [0.25, 0.3) is 0 Å². The molecule has 0 aliphatic carbocycles. The van der Waals surface area contributed by atoms with Gasteiger partial charge in [-0.25, -0.2) is 0 Å². The van der Waals surface area contributed by atoms with E-state index in [9.17, 15) is 0 Å². The Labute approximate surface area is 91.8 Å². The van der Waals surface area contributed by atoms with Gasteiger partial charge in [0.1, 0.15) is 0 Å². The Hall–Kier alpha value is -1.46. The van der Waals surface area contributed by atoms with Crippen molar-refractivity contribution >= 4 is 17.2 Å². The molecule has 1 aromatic carbocycles. The van der Waals surface area contributed by atoms with Crippen LogP contribution in [0.4, 0.5) is 5.69 Å². The van der Waals surface area contributed by atoms with Gasteiger partial charge in [0.2, 0.25) is 0 Å². The number of aliphatic hydroxyl groups is 1. The molecule has 0 amide bonds. The Bertz CT molecular complexity index is 416. The van der Waals surface area contributed by atoms with Crippen LogP contribution in [0.2, 0.25) is 0 Å². The average Bonchev–Trinajstić information content (AvgIpc) is 2.79. The fourth-order valence-electron chi connectivity index (χ4n) is 1.28. The van der Waals surface area contributed by atoms with Crippen molar-refractivity contribution in [2.45, 2.75) is 13.2 Å². The lowest BCUT2D eigenvalue weighted by Gasteiger charge is -2.08. The lowest BCUT2D eigenvalue weighted by atomic mass is 10.2. The molecule has 15 heavy (non-hydrogen) atoms. The fourth-order valence-corrected chi connectivity index (χ4v) is 1.73. The first kappa shape index (κ1) is 10.1. The topological polar surface area (TPSA) is 58.0 Å². The van der Waals surface area contributed by atoms with E-state index in [0.717, 1.165) is 16.9 Å². The minimum Gasteiger partial charge on any atom is -0.392 e. The Morgan fingerprint density at radius 2 is 2.20 bits per heavy atom. The normalized spacial score (nSPS) is 10.2. The van der Waals surface area contributed by atoms with E-state index in [1.807, 2.05) is 29.6 Å². The maximum atomic E-state index is 9.11. The quantitative estimate of drug-likeness (QED) is 0.824. The predicted octanol–water partition coefficient (Wildman–Crippen LogP) is 1.64. The highest BCUT2D eigenvalue weighted by atomic mass is 32.1. The summed E-state index contributed by atoms with van der Waals surface area (Å²) in [6.45, 7) is 0.673. The summed E-state index contributed by atoms with van der Waals surface area (Å²) in [6, 6.07) is 7.66. The van der Waals surface area contributed by atoms with Crippen molar-refractivity contribution in [3.63, 3.8) is 0 Å². The molecule has 5 heteroatoms. The van der Waals surface area contributed by atoms with Crippen LogP contribution < -0.4 is 5.32 Å². The molecule has 0 bridgehead atoms. The highest BCUT2D eigenvalue weighted by molar-refractivity contribution is 7.03. The molecule has 2 aromatic rings. The van der Waals surface area contributed by atoms with Gasteiger partial charge in [-0.15, -0.1) is 5.10 Å². The maximum absolute atomic E-state index is 9.11. The van der Waals surface area contributed by atoms with Crippen LogP contribution in [-0.4, -0.2) is 14.7 Å². The largest absolute Gasteiger partial charge is 0.392 e. The van der Waals surface area contributed by atoms with E-state index in [-0.39, 0.29) is 6.61 Å². The first-order valence-electron chi connectivity index (χ1n) is 4.58. The SMILES string of the molecule is OCc1ccccc1NCc1csnn1. The molecule has 2 rings (SSSR count). The number of hydrogen-bond donors (Lipinski definition) is 2. The van der Waals surface area contributed by atoms with Crippen molar-refractivity contribution in [3.8, 4) is 0 Å². The number of aromatic nitrogens is 2. The van der Waals surface area contributed by atoms with Crippen LogP contribution in [0.3, 0.4) is 0 Å². The molecule has 0 radical (unpaired) electrons. The second kappa shape index (κ2) is 4.86. The van der Waals surface area contributed by atoms with E-state index >= 15 is 0 Å². The summed E-state index contributed by atoms with van der Waals surface area (Å²) in [5, 5.41) is 18.1. The highest BCUT2D eigenvalue weighted by Gasteiger charge is 2.00. The van der Waals surface area contributed by atoms with Gasteiger partial charge in [0.05, 0.1) is 18.8 Å². The Balaban J connectivity index is 2.04. The van der Waals surface area contributed by atoms with E-state index < -0.39 is 0 Å². The van der Waals surface area contributed by atoms with E-state index in [1.165, 1.54) is 11.5 Å². The zero-order valence-corrected chi connectivity index (χ0v) is 8.87. The van der Waals surface area contributed by atoms with Crippen LogP contribution in [0.5, 0.6) is 0 Å². The number of rotatable bonds is 4. The minimum atomic E-state index is 0.0402. The number of nitrogens with one attached hydrogen (secondary N) is 1. The number of anilines is 1. The number of benzene rings is 1. The second-order valence-corrected chi connectivity index (χ2v) is 3.67. The molecule has 0 saturated carbocycles. The fraction of sp³-hybridized carbons (Fsp3) is 0.200. The Morgan fingerprint density at radius 1 is 1.33 bits per heavy atom. The van der Waals surface area contributed by atoms with Crippen molar-refractivity contribution in [3.05, 3.63) is 40.9 Å². The molecule has 2 N–H and O–H groups in total. The minimum absolute atomic E-state index is 0.0402. The van der Waals surface area contributed by atoms with Gasteiger partial charge in [-0.2, -0.15) is 0 Å². The molecule has 0 unspecified atom stereocenters. The summed E-state index contributed by atoms with van der Waals surface area (Å²) in [4.78, 5) is 0. The van der Waals surface area contributed by atoms with Crippen molar-refractivity contribution in [1.82, 2.24) is 9.59 Å². The summed E-state index contributed by atoms with van der Waals surface area (Å²) in [7, 11) is 0. The Morgan fingerprint density at radius 3 is 2.93 bits per heavy atom. The summed E-state index contributed by atoms with van der Waals surface area (Å²) in [6.07, 6.45) is 0. The van der Waals surface area contributed by atoms with Crippen LogP contribution in [0.15, 0.2) is 29.6 Å². The van der Waals surface area contributed by atoms with Gasteiger partial charge in [0, 0.05) is 16.6 Å². The zero-order chi connectivity index (χ0) is 10.5. The molecule has 0 saturated heterocycles. The predicted molar refractivity (Wildman–Crippen MR) is 59.6 cm³/mol. The molecule has 1 aromatic heterocycles. The van der Waals surface area contributed by atoms with Crippen molar-refractivity contribution in [1.29, 1.82) is 0 Å². The van der Waals surface area contributed by atoms with Crippen LogP contribution in [0, 0.1) is 0 Å². The van der Waals surface area contributed by atoms with Gasteiger partial charge in [0.25, 0.3) is 0 Å². The Kier molecular flexibility index (Phi) is 3.26. The van der Waals surface area contributed by atoms with Crippen LogP contribution in [0.1, 0.15) is 11.3 Å². The number of nitrogens with zero attached hydrogens (tertiary/aromatic N) is 2. The lowest BCUT2D eigenvalue weighted by molar-refractivity contribution is 0.282. The number of para-hydroxylation sites is 1. The summed E-state index contributed by atoms with van der Waals surface area (Å²) >= 11 is 1.33. The van der Waals surface area contributed by atoms with Crippen LogP contribution in [-0.2, 0) is 13.2 Å². The molecule has 0 atom stereocenters. The molecule has 4 nitrogen and oxygen atoms in total. The molecule has 0 spiro atoms. The van der Waals surface area contributed by atoms with Gasteiger partial charge in [-0.05, 0) is 17.6 Å². The third kappa shape index (κ3) is 2.51. The van der Waals surface area contributed by atoms with E-state index in [2.05, 4.69) is 14.9 Å². The first-order chi connectivity index (χ1) is 7.40. The van der Waals surface area contributed by atoms with Gasteiger partial charge in [-0.3, -0.25) is 0 Å². The molecule has 0 aliphatic rings. The molecule has 1 heterocycles. The van der Waals surface area contributed by atoms with Gasteiger partial charge in [0.15, 0.2) is 0 Å². The van der Waals surface area contributed by atoms with Gasteiger partial charge >= 0.3 is 0 Å². The summed E-state index contributed by atoms with van der Waals surface area (Å²) < 4.78 is 3.78. The maximum Gasteiger partial charge on any atom is 0.0946 e. The standard InChI is InChI=1S/C10H11N3OS/c14-6-8-3-1-2-4-10(8)11-5-9-7-15-13-12-9/h1-4,7,11,14H,5-6H2. The van der Waals surface area contributed by atoms with E-state index in [0.29, 0.717) is 6.54 Å².